The van der Waals surface area contributed by atoms with Crippen molar-refractivity contribution >= 4 is 22.4 Å². The number of rotatable bonds is 6. The molecule has 1 aromatic rings. The number of benzene rings is 1. The van der Waals surface area contributed by atoms with Crippen LogP contribution in [0.4, 0.5) is 13.2 Å². The lowest BCUT2D eigenvalue weighted by atomic mass is 10.1. The summed E-state index contributed by atoms with van der Waals surface area (Å²) in [5, 5.41) is 10.3. The molecule has 0 fully saturated rings. The number of halogens is 3. The van der Waals surface area contributed by atoms with Crippen LogP contribution in [0, 0.1) is 0 Å². The zero-order chi connectivity index (χ0) is 16.3. The van der Waals surface area contributed by atoms with Crippen molar-refractivity contribution in [3.63, 3.8) is 0 Å². The minimum atomic E-state index is -5.88. The molecule has 0 spiro atoms. The Morgan fingerprint density at radius 1 is 1.33 bits per heavy atom. The standard InChI is InChI=1S/C11H9F3O6S/c12-11(13,14)21(18,19)20-9-3-1-7(2-4-10(16)17)5-8(9)6-15/h1,3,5-6H,2,4H2,(H,16,17)/p-1. The van der Waals surface area contributed by atoms with Crippen LogP contribution in [0.25, 0.3) is 0 Å². The molecule has 21 heavy (non-hydrogen) atoms. The van der Waals surface area contributed by atoms with Crippen molar-refractivity contribution in [1.29, 1.82) is 0 Å². The summed E-state index contributed by atoms with van der Waals surface area (Å²) in [7, 11) is -5.88. The topological polar surface area (TPSA) is 101 Å². The second kappa shape index (κ2) is 6.12. The van der Waals surface area contributed by atoms with Crippen molar-refractivity contribution < 1.29 is 40.5 Å². The van der Waals surface area contributed by atoms with Gasteiger partial charge in [0.1, 0.15) is 0 Å². The van der Waals surface area contributed by atoms with Gasteiger partial charge in [0, 0.05) is 5.97 Å². The number of alkyl halides is 3. The predicted octanol–water partition coefficient (Wildman–Crippen LogP) is 0.410. The maximum Gasteiger partial charge on any atom is 0.534 e. The van der Waals surface area contributed by atoms with Crippen LogP contribution in [0.3, 0.4) is 0 Å². The Balaban J connectivity index is 3.05. The van der Waals surface area contributed by atoms with Gasteiger partial charge in [-0.15, -0.1) is 0 Å². The lowest BCUT2D eigenvalue weighted by Crippen LogP contribution is -2.28. The Bertz CT molecular complexity index is 650. The van der Waals surface area contributed by atoms with Gasteiger partial charge in [-0.3, -0.25) is 4.79 Å². The lowest BCUT2D eigenvalue weighted by molar-refractivity contribution is -0.305. The summed E-state index contributed by atoms with van der Waals surface area (Å²) in [6, 6.07) is 3.03. The first-order valence-corrected chi connectivity index (χ1v) is 6.76. The zero-order valence-corrected chi connectivity index (χ0v) is 11.0. The van der Waals surface area contributed by atoms with Gasteiger partial charge < -0.3 is 14.1 Å². The van der Waals surface area contributed by atoms with Gasteiger partial charge in [0.15, 0.2) is 12.0 Å². The molecular weight excluding hydrogens is 317 g/mol. The fourth-order valence-corrected chi connectivity index (χ4v) is 1.82. The van der Waals surface area contributed by atoms with E-state index in [4.69, 9.17) is 0 Å². The number of carbonyl (C=O) groups excluding carboxylic acids is 2. The smallest absolute Gasteiger partial charge is 0.534 e. The van der Waals surface area contributed by atoms with Crippen molar-refractivity contribution in [3.8, 4) is 5.75 Å². The van der Waals surface area contributed by atoms with E-state index < -0.39 is 32.9 Å². The van der Waals surface area contributed by atoms with E-state index in [1.54, 1.807) is 0 Å². The van der Waals surface area contributed by atoms with Crippen LogP contribution < -0.4 is 9.29 Å². The van der Waals surface area contributed by atoms with Gasteiger partial charge in [-0.2, -0.15) is 21.6 Å². The average Bonchev–Trinajstić information content (AvgIpc) is 2.35. The molecule has 0 amide bonds. The zero-order valence-electron chi connectivity index (χ0n) is 10.2. The maximum absolute atomic E-state index is 12.2. The minimum Gasteiger partial charge on any atom is -0.550 e. The molecule has 0 saturated carbocycles. The van der Waals surface area contributed by atoms with Crippen LogP contribution in [-0.2, 0) is 21.3 Å². The van der Waals surface area contributed by atoms with Gasteiger partial charge in [-0.25, -0.2) is 0 Å². The average molecular weight is 325 g/mol. The molecule has 0 N–H and O–H groups in total. The number of hydrogen-bond acceptors (Lipinski definition) is 6. The molecule has 6 nitrogen and oxygen atoms in total. The molecular formula is C11H8F3O6S-. The molecule has 0 aromatic heterocycles. The van der Waals surface area contributed by atoms with Crippen LogP contribution in [0.15, 0.2) is 18.2 Å². The quantitative estimate of drug-likeness (QED) is 0.426. The van der Waals surface area contributed by atoms with E-state index in [2.05, 4.69) is 4.18 Å². The second-order valence-corrected chi connectivity index (χ2v) is 5.38. The van der Waals surface area contributed by atoms with Crippen LogP contribution in [-0.4, -0.2) is 26.2 Å². The molecule has 0 radical (unpaired) electrons. The highest BCUT2D eigenvalue weighted by Crippen LogP contribution is 2.29. The van der Waals surface area contributed by atoms with E-state index in [9.17, 15) is 36.3 Å². The largest absolute Gasteiger partial charge is 0.550 e. The summed E-state index contributed by atoms with van der Waals surface area (Å²) in [6.07, 6.45) is -0.293. The van der Waals surface area contributed by atoms with Crippen LogP contribution in [0.5, 0.6) is 5.75 Å². The molecule has 0 heterocycles. The molecule has 0 aliphatic rings. The third-order valence-corrected chi connectivity index (χ3v) is 3.27. The van der Waals surface area contributed by atoms with Crippen molar-refractivity contribution in [1.82, 2.24) is 0 Å². The number of hydrogen-bond donors (Lipinski definition) is 0. The molecule has 0 aliphatic carbocycles. The maximum atomic E-state index is 12.2. The predicted molar refractivity (Wildman–Crippen MR) is 60.8 cm³/mol. The second-order valence-electron chi connectivity index (χ2n) is 3.85. The van der Waals surface area contributed by atoms with Gasteiger partial charge in [-0.05, 0) is 30.5 Å². The molecule has 0 atom stereocenters. The molecule has 0 aliphatic heterocycles. The van der Waals surface area contributed by atoms with Gasteiger partial charge in [0.25, 0.3) is 0 Å². The SMILES string of the molecule is O=Cc1cc(CCC(=O)[O-])ccc1OS(=O)(=O)C(F)(F)F. The Morgan fingerprint density at radius 3 is 2.43 bits per heavy atom. The van der Waals surface area contributed by atoms with Crippen molar-refractivity contribution in [2.45, 2.75) is 18.3 Å². The van der Waals surface area contributed by atoms with E-state index in [0.29, 0.717) is 5.56 Å². The first-order chi connectivity index (χ1) is 9.56. The highest BCUT2D eigenvalue weighted by molar-refractivity contribution is 7.88. The molecule has 1 aromatic carbocycles. The summed E-state index contributed by atoms with van der Waals surface area (Å²) >= 11 is 0. The van der Waals surface area contributed by atoms with Crippen LogP contribution in [0.1, 0.15) is 22.3 Å². The number of aryl methyl sites for hydroxylation is 1. The van der Waals surface area contributed by atoms with E-state index >= 15 is 0 Å². The first-order valence-electron chi connectivity index (χ1n) is 5.35. The number of carboxylic acid groups (broad SMARTS) is 1. The minimum absolute atomic E-state index is 0.0323. The van der Waals surface area contributed by atoms with Crippen LogP contribution >= 0.6 is 0 Å². The summed E-state index contributed by atoms with van der Waals surface area (Å²) < 4.78 is 62.0. The summed E-state index contributed by atoms with van der Waals surface area (Å²) in [4.78, 5) is 21.1. The highest BCUT2D eigenvalue weighted by Gasteiger charge is 2.48. The summed E-state index contributed by atoms with van der Waals surface area (Å²) in [6.45, 7) is 0. The summed E-state index contributed by atoms with van der Waals surface area (Å²) in [5.74, 6) is -2.14. The fourth-order valence-electron chi connectivity index (χ4n) is 1.33. The Morgan fingerprint density at radius 2 is 1.95 bits per heavy atom. The number of aldehydes is 1. The number of carboxylic acids is 1. The third kappa shape index (κ3) is 4.45. The molecule has 1 rings (SSSR count). The van der Waals surface area contributed by atoms with Crippen molar-refractivity contribution in [2.75, 3.05) is 0 Å². The monoisotopic (exact) mass is 325 g/mol. The molecule has 116 valence electrons. The highest BCUT2D eigenvalue weighted by atomic mass is 32.2. The van der Waals surface area contributed by atoms with Gasteiger partial charge in [0.05, 0.1) is 5.56 Å². The van der Waals surface area contributed by atoms with Gasteiger partial charge in [0.2, 0.25) is 0 Å². The van der Waals surface area contributed by atoms with Crippen LogP contribution in [0.2, 0.25) is 0 Å². The molecule has 0 bridgehead atoms. The Labute approximate surface area is 117 Å². The van der Waals surface area contributed by atoms with Gasteiger partial charge in [-0.1, -0.05) is 6.07 Å². The fraction of sp³-hybridized carbons (Fsp3) is 0.273. The van der Waals surface area contributed by atoms with E-state index in [-0.39, 0.29) is 19.1 Å². The normalized spacial score (nSPS) is 12.0. The Hall–Kier alpha value is -2.10. The number of aliphatic carboxylic acids is 1. The van der Waals surface area contributed by atoms with E-state index in [1.807, 2.05) is 0 Å². The molecule has 0 unspecified atom stereocenters. The number of carbonyl (C=O) groups is 2. The van der Waals surface area contributed by atoms with Crippen molar-refractivity contribution in [2.24, 2.45) is 0 Å². The first kappa shape index (κ1) is 17.0. The van der Waals surface area contributed by atoms with Gasteiger partial charge >= 0.3 is 15.6 Å². The molecule has 0 saturated heterocycles. The van der Waals surface area contributed by atoms with E-state index in [0.717, 1.165) is 18.2 Å². The Kier molecular flexibility index (Phi) is 4.94. The van der Waals surface area contributed by atoms with E-state index in [1.165, 1.54) is 0 Å². The third-order valence-electron chi connectivity index (χ3n) is 2.30. The van der Waals surface area contributed by atoms with Crippen molar-refractivity contribution in [3.05, 3.63) is 29.3 Å². The lowest BCUT2D eigenvalue weighted by Gasteiger charge is -2.12. The molecule has 10 heteroatoms. The summed E-state index contributed by atoms with van der Waals surface area (Å²) in [5.41, 5.74) is -5.77.